The highest BCUT2D eigenvalue weighted by molar-refractivity contribution is 7.92. The minimum absolute atomic E-state index is 0.0248. The minimum atomic E-state index is -4.29. The number of aryl methyl sites for hydroxylation is 1. The van der Waals surface area contributed by atoms with Gasteiger partial charge in [-0.2, -0.15) is 4.31 Å². The Morgan fingerprint density at radius 3 is 2.45 bits per heavy atom. The molecule has 0 unspecified atom stereocenters. The van der Waals surface area contributed by atoms with Crippen molar-refractivity contribution in [2.75, 3.05) is 19.7 Å². The van der Waals surface area contributed by atoms with E-state index in [-0.39, 0.29) is 20.0 Å². The van der Waals surface area contributed by atoms with Crippen molar-refractivity contribution >= 4 is 43.1 Å². The van der Waals surface area contributed by atoms with Gasteiger partial charge in [0, 0.05) is 19.3 Å². The normalized spacial score (nSPS) is 23.4. The maximum absolute atomic E-state index is 13.0. The molecule has 1 aromatic carbocycles. The van der Waals surface area contributed by atoms with Gasteiger partial charge in [0.15, 0.2) is 5.03 Å². The number of β-amino-alcohol motifs (C(OH)–C–C–N with tert-alkyl or cyclic N) is 1. The van der Waals surface area contributed by atoms with Gasteiger partial charge < -0.3 is 10.2 Å². The average Bonchev–Trinajstić information content (AvgIpc) is 3.02. The summed E-state index contributed by atoms with van der Waals surface area (Å²) in [6.07, 6.45) is 1.13. The largest absolute Gasteiger partial charge is 0.393 e. The van der Waals surface area contributed by atoms with Crippen LogP contribution in [0.25, 0.3) is 0 Å². The summed E-state index contributed by atoms with van der Waals surface area (Å²) in [5, 5.41) is 18.6. The number of hydrogen-bond acceptors (Lipinski definition) is 7. The molecule has 0 aliphatic carbocycles. The van der Waals surface area contributed by atoms with E-state index in [9.17, 15) is 27.0 Å². The Balaban J connectivity index is 2.03. The van der Waals surface area contributed by atoms with Gasteiger partial charge in [0.05, 0.1) is 16.7 Å². The van der Waals surface area contributed by atoms with Crippen LogP contribution in [0.4, 0.5) is 0 Å². The lowest BCUT2D eigenvalue weighted by Gasteiger charge is -2.26. The number of pyridine rings is 1. The predicted molar refractivity (Wildman–Crippen MR) is 107 cm³/mol. The van der Waals surface area contributed by atoms with E-state index >= 15 is 0 Å². The van der Waals surface area contributed by atoms with Gasteiger partial charge in [-0.3, -0.25) is 0 Å². The van der Waals surface area contributed by atoms with Crippen LogP contribution in [0.3, 0.4) is 0 Å². The fourth-order valence-electron chi connectivity index (χ4n) is 3.18. The van der Waals surface area contributed by atoms with Crippen LogP contribution in [-0.2, 0) is 19.9 Å². The molecule has 8 nitrogen and oxygen atoms in total. The van der Waals surface area contributed by atoms with Crippen molar-refractivity contribution in [2.45, 2.75) is 27.7 Å². The molecule has 2 aromatic rings. The van der Waals surface area contributed by atoms with Crippen molar-refractivity contribution in [3.63, 3.8) is 0 Å². The van der Waals surface area contributed by atoms with Crippen LogP contribution in [-0.4, -0.2) is 66.9 Å². The third kappa shape index (κ3) is 4.02. The molecular weight excluding hydrogens is 463 g/mol. The van der Waals surface area contributed by atoms with Crippen molar-refractivity contribution in [3.8, 4) is 0 Å². The van der Waals surface area contributed by atoms with Crippen LogP contribution < -0.4 is 0 Å². The van der Waals surface area contributed by atoms with E-state index < -0.39 is 50.4 Å². The zero-order valence-electron chi connectivity index (χ0n) is 15.2. The number of hydrogen-bond donors (Lipinski definition) is 2. The molecule has 1 aliphatic rings. The number of nitrogens with zero attached hydrogens (tertiary/aromatic N) is 2. The molecule has 29 heavy (non-hydrogen) atoms. The van der Waals surface area contributed by atoms with Crippen LogP contribution in [0.2, 0.25) is 10.0 Å². The van der Waals surface area contributed by atoms with Gasteiger partial charge in [-0.1, -0.05) is 29.3 Å². The number of aliphatic hydroxyl groups excluding tert-OH is 1. The van der Waals surface area contributed by atoms with E-state index in [0.29, 0.717) is 0 Å². The number of benzene rings is 1. The highest BCUT2D eigenvalue weighted by atomic mass is 35.5. The van der Waals surface area contributed by atoms with Gasteiger partial charge in [0.1, 0.15) is 15.7 Å². The molecule has 1 aliphatic heterocycles. The third-order valence-corrected chi connectivity index (χ3v) is 9.44. The first-order valence-corrected chi connectivity index (χ1v) is 12.1. The Morgan fingerprint density at radius 2 is 1.90 bits per heavy atom. The summed E-state index contributed by atoms with van der Waals surface area (Å²) in [7, 11) is -8.51. The van der Waals surface area contributed by atoms with Gasteiger partial charge in [-0.15, -0.1) is 0 Å². The number of rotatable bonds is 5. The fraction of sp³-hybridized carbons (Fsp3) is 0.353. The van der Waals surface area contributed by atoms with Crippen LogP contribution >= 0.6 is 23.2 Å². The summed E-state index contributed by atoms with van der Waals surface area (Å²) in [5.41, 5.74) is -1.47. The molecule has 0 bridgehead atoms. The van der Waals surface area contributed by atoms with Crippen molar-refractivity contribution < 1.29 is 27.0 Å². The lowest BCUT2D eigenvalue weighted by atomic mass is 10.1. The van der Waals surface area contributed by atoms with E-state index in [2.05, 4.69) is 4.98 Å². The van der Waals surface area contributed by atoms with Crippen molar-refractivity contribution in [1.82, 2.24) is 9.29 Å². The second-order valence-electron chi connectivity index (χ2n) is 6.84. The Kier molecular flexibility index (Phi) is 6.00. The summed E-state index contributed by atoms with van der Waals surface area (Å²) >= 11 is 11.8. The molecule has 3 rings (SSSR count). The van der Waals surface area contributed by atoms with Crippen LogP contribution in [0.15, 0.2) is 46.5 Å². The second-order valence-corrected chi connectivity index (χ2v) is 11.7. The van der Waals surface area contributed by atoms with Gasteiger partial charge in [-0.25, -0.2) is 21.8 Å². The molecular formula is C17H18Cl2N2O6S2. The first kappa shape index (κ1) is 22.4. The first-order chi connectivity index (χ1) is 13.4. The number of halogens is 2. The zero-order valence-corrected chi connectivity index (χ0v) is 18.3. The summed E-state index contributed by atoms with van der Waals surface area (Å²) in [5.74, 6) is 0. The lowest BCUT2D eigenvalue weighted by Crippen LogP contribution is -2.49. The molecule has 0 saturated carbocycles. The van der Waals surface area contributed by atoms with Gasteiger partial charge in [0.25, 0.3) is 0 Å². The van der Waals surface area contributed by atoms with Gasteiger partial charge in [0.2, 0.25) is 19.9 Å². The average molecular weight is 481 g/mol. The van der Waals surface area contributed by atoms with Gasteiger partial charge >= 0.3 is 0 Å². The lowest BCUT2D eigenvalue weighted by molar-refractivity contribution is 0.00156. The molecule has 2 N–H and O–H groups in total. The summed E-state index contributed by atoms with van der Waals surface area (Å²) in [6, 6.07) is 6.81. The smallest absolute Gasteiger partial charge is 0.244 e. The van der Waals surface area contributed by atoms with Crippen molar-refractivity contribution in [3.05, 3.63) is 52.1 Å². The quantitative estimate of drug-likeness (QED) is 0.659. The highest BCUT2D eigenvalue weighted by Crippen LogP contribution is 2.35. The van der Waals surface area contributed by atoms with E-state index in [0.717, 1.165) is 22.1 Å². The molecule has 158 valence electrons. The topological polar surface area (TPSA) is 125 Å². The summed E-state index contributed by atoms with van der Waals surface area (Å²) in [6.45, 7) is -0.410. The van der Waals surface area contributed by atoms with Crippen LogP contribution in [0.1, 0.15) is 5.56 Å². The maximum Gasteiger partial charge on any atom is 0.244 e. The fourth-order valence-corrected chi connectivity index (χ4v) is 7.33. The summed E-state index contributed by atoms with van der Waals surface area (Å²) < 4.78 is 52.9. The van der Waals surface area contributed by atoms with Crippen molar-refractivity contribution in [1.29, 1.82) is 0 Å². The molecule has 0 radical (unpaired) electrons. The summed E-state index contributed by atoms with van der Waals surface area (Å²) in [4.78, 5) is 3.55. The molecule has 0 spiro atoms. The Bertz CT molecular complexity index is 1140. The molecule has 0 amide bonds. The molecule has 1 fully saturated rings. The van der Waals surface area contributed by atoms with Crippen LogP contribution in [0.5, 0.6) is 0 Å². The SMILES string of the molecule is Cc1ccc(S(=O)(=O)N2C[C@H](S(=O)(=O)c3ccc(Cl)cn3)[C@@](O)(CO)C2)c(Cl)c1. The standard InChI is InChI=1S/C17H18Cl2N2O6S2/c1-11-2-4-14(13(19)6-11)29(26,27)21-8-15(17(23,9-21)10-22)28(24,25)16-5-3-12(18)7-20-16/h2-7,15,22-23H,8-10H2,1H3/t15-,17-/m0/s1. The minimum Gasteiger partial charge on any atom is -0.393 e. The number of aromatic nitrogens is 1. The van der Waals surface area contributed by atoms with E-state index in [4.69, 9.17) is 23.2 Å². The van der Waals surface area contributed by atoms with E-state index in [1.54, 1.807) is 13.0 Å². The van der Waals surface area contributed by atoms with E-state index in [1.807, 2.05) is 0 Å². The zero-order chi connectivity index (χ0) is 21.6. The van der Waals surface area contributed by atoms with E-state index in [1.165, 1.54) is 18.2 Å². The number of sulfonamides is 1. The van der Waals surface area contributed by atoms with Crippen LogP contribution in [0, 0.1) is 6.92 Å². The van der Waals surface area contributed by atoms with Crippen molar-refractivity contribution in [2.24, 2.45) is 0 Å². The Morgan fingerprint density at radius 1 is 1.21 bits per heavy atom. The monoisotopic (exact) mass is 480 g/mol. The molecule has 12 heteroatoms. The number of aliphatic hydroxyl groups is 2. The molecule has 2 heterocycles. The first-order valence-electron chi connectivity index (χ1n) is 8.37. The highest BCUT2D eigenvalue weighted by Gasteiger charge is 2.55. The maximum atomic E-state index is 13.0. The number of sulfone groups is 1. The molecule has 1 saturated heterocycles. The van der Waals surface area contributed by atoms with Gasteiger partial charge in [-0.05, 0) is 36.8 Å². The molecule has 2 atom stereocenters. The Hall–Kier alpha value is -1.27. The Labute approximate surface area is 178 Å². The second kappa shape index (κ2) is 7.77. The molecule has 1 aromatic heterocycles. The third-order valence-electron chi connectivity index (χ3n) is 4.76. The predicted octanol–water partition coefficient (Wildman–Crippen LogP) is 1.27.